The van der Waals surface area contributed by atoms with E-state index in [1.54, 1.807) is 0 Å². The third-order valence-corrected chi connectivity index (χ3v) is 4.64. The maximum Gasteiger partial charge on any atom is 0.320 e. The van der Waals surface area contributed by atoms with Crippen molar-refractivity contribution < 1.29 is 4.79 Å². The predicted molar refractivity (Wildman–Crippen MR) is 84.8 cm³/mol. The highest BCUT2D eigenvalue weighted by atomic mass is 32.1. The zero-order chi connectivity index (χ0) is 14.5. The molecule has 0 aromatic carbocycles. The van der Waals surface area contributed by atoms with Gasteiger partial charge in [0.1, 0.15) is 0 Å². The smallest absolute Gasteiger partial charge is 0.320 e. The summed E-state index contributed by atoms with van der Waals surface area (Å²) in [5.74, 6) is 0. The molecule has 0 aromatic rings. The molecule has 0 aromatic heterocycles. The van der Waals surface area contributed by atoms with Crippen molar-refractivity contribution in [1.82, 2.24) is 14.7 Å². The number of thiocarbonyl (C=S) groups is 1. The molecule has 114 valence electrons. The molecule has 1 unspecified atom stereocenters. The molecule has 0 bridgehead atoms. The highest BCUT2D eigenvalue weighted by Gasteiger charge is 2.29. The Morgan fingerprint density at radius 2 is 1.60 bits per heavy atom. The van der Waals surface area contributed by atoms with Crippen LogP contribution in [0.2, 0.25) is 0 Å². The number of piperazine rings is 1. The molecule has 2 rings (SSSR count). The number of hydrogen-bond donors (Lipinski definition) is 1. The lowest BCUT2D eigenvalue weighted by atomic mass is 10.1. The van der Waals surface area contributed by atoms with Crippen LogP contribution in [0.3, 0.4) is 0 Å². The number of carbonyl (C=O) groups is 1. The largest absolute Gasteiger partial charge is 0.392 e. The number of nitrogens with zero attached hydrogens (tertiary/aromatic N) is 3. The number of piperidine rings is 1. The van der Waals surface area contributed by atoms with Gasteiger partial charge in [0.05, 0.1) is 11.0 Å². The maximum absolute atomic E-state index is 12.4. The first-order chi connectivity index (χ1) is 9.63. The zero-order valence-electron chi connectivity index (χ0n) is 12.4. The van der Waals surface area contributed by atoms with Crippen LogP contribution in [0.5, 0.6) is 0 Å². The Bertz CT molecular complexity index is 349. The van der Waals surface area contributed by atoms with E-state index in [1.165, 1.54) is 6.42 Å². The molecule has 6 heteroatoms. The van der Waals surface area contributed by atoms with Gasteiger partial charge in [-0.05, 0) is 25.7 Å². The fourth-order valence-corrected chi connectivity index (χ4v) is 3.47. The molecular weight excluding hydrogens is 272 g/mol. The lowest BCUT2D eigenvalue weighted by molar-refractivity contribution is 0.0993. The van der Waals surface area contributed by atoms with Crippen molar-refractivity contribution in [3.05, 3.63) is 0 Å². The lowest BCUT2D eigenvalue weighted by Crippen LogP contribution is -2.57. The van der Waals surface area contributed by atoms with Gasteiger partial charge < -0.3 is 15.5 Å². The fraction of sp³-hybridized carbons (Fsp3) is 0.857. The summed E-state index contributed by atoms with van der Waals surface area (Å²) < 4.78 is 0. The van der Waals surface area contributed by atoms with Crippen LogP contribution in [0.4, 0.5) is 4.79 Å². The van der Waals surface area contributed by atoms with Crippen molar-refractivity contribution in [1.29, 1.82) is 0 Å². The first kappa shape index (κ1) is 15.5. The average Bonchev–Trinajstić information content (AvgIpc) is 2.48. The first-order valence-corrected chi connectivity index (χ1v) is 8.11. The molecule has 2 N–H and O–H groups in total. The van der Waals surface area contributed by atoms with Crippen LogP contribution < -0.4 is 5.73 Å². The Hall–Kier alpha value is -0.880. The van der Waals surface area contributed by atoms with E-state index in [1.807, 2.05) is 9.80 Å². The summed E-state index contributed by atoms with van der Waals surface area (Å²) in [5, 5.41) is 0. The summed E-state index contributed by atoms with van der Waals surface area (Å²) in [6, 6.07) is 0.393. The number of likely N-dealkylation sites (tertiary alicyclic amines) is 1. The van der Waals surface area contributed by atoms with Crippen LogP contribution >= 0.6 is 12.2 Å². The van der Waals surface area contributed by atoms with E-state index in [2.05, 4.69) is 11.8 Å². The molecule has 5 nitrogen and oxygen atoms in total. The monoisotopic (exact) mass is 298 g/mol. The minimum Gasteiger partial charge on any atom is -0.392 e. The maximum atomic E-state index is 12.4. The number of hydrogen-bond acceptors (Lipinski definition) is 3. The zero-order valence-corrected chi connectivity index (χ0v) is 13.2. The summed E-state index contributed by atoms with van der Waals surface area (Å²) in [4.78, 5) is 19.3. The number of urea groups is 1. The molecule has 0 saturated carbocycles. The van der Waals surface area contributed by atoms with Gasteiger partial charge in [-0.15, -0.1) is 0 Å². The van der Waals surface area contributed by atoms with Gasteiger partial charge in [0.15, 0.2) is 0 Å². The Kier molecular flexibility index (Phi) is 5.60. The number of nitrogens with two attached hydrogens (primary N) is 1. The molecule has 2 amide bonds. The van der Waals surface area contributed by atoms with E-state index in [4.69, 9.17) is 18.0 Å². The van der Waals surface area contributed by atoms with Crippen LogP contribution in [0.15, 0.2) is 0 Å². The van der Waals surface area contributed by atoms with Gasteiger partial charge in [0, 0.05) is 39.3 Å². The number of rotatable bonds is 3. The first-order valence-electron chi connectivity index (χ1n) is 7.70. The van der Waals surface area contributed by atoms with Gasteiger partial charge in [-0.2, -0.15) is 0 Å². The van der Waals surface area contributed by atoms with Crippen molar-refractivity contribution in [2.45, 2.75) is 38.6 Å². The normalized spacial score (nSPS) is 22.6. The topological polar surface area (TPSA) is 52.8 Å². The average molecular weight is 298 g/mol. The van der Waals surface area contributed by atoms with Crippen molar-refractivity contribution in [3.8, 4) is 0 Å². The van der Waals surface area contributed by atoms with E-state index in [0.29, 0.717) is 4.99 Å². The SMILES string of the molecule is CCC(C(N)=S)N1CCN(C(=O)N2CCCCC2)CC1. The van der Waals surface area contributed by atoms with Crippen LogP contribution in [-0.4, -0.2) is 71.0 Å². The second-order valence-corrected chi connectivity index (χ2v) is 6.15. The van der Waals surface area contributed by atoms with E-state index in [9.17, 15) is 4.79 Å². The van der Waals surface area contributed by atoms with Crippen molar-refractivity contribution in [3.63, 3.8) is 0 Å². The van der Waals surface area contributed by atoms with Gasteiger partial charge in [-0.3, -0.25) is 4.90 Å². The molecule has 2 saturated heterocycles. The van der Waals surface area contributed by atoms with Gasteiger partial charge in [0.2, 0.25) is 0 Å². The van der Waals surface area contributed by atoms with Gasteiger partial charge in [0.25, 0.3) is 0 Å². The van der Waals surface area contributed by atoms with Crippen molar-refractivity contribution >= 4 is 23.2 Å². The van der Waals surface area contributed by atoms with Gasteiger partial charge in [-0.1, -0.05) is 19.1 Å². The van der Waals surface area contributed by atoms with Crippen LogP contribution in [-0.2, 0) is 0 Å². The summed E-state index contributed by atoms with van der Waals surface area (Å²) >= 11 is 5.13. The van der Waals surface area contributed by atoms with E-state index < -0.39 is 0 Å². The third-order valence-electron chi connectivity index (χ3n) is 4.37. The highest BCUT2D eigenvalue weighted by Crippen LogP contribution is 2.14. The molecule has 0 spiro atoms. The highest BCUT2D eigenvalue weighted by molar-refractivity contribution is 7.80. The molecule has 2 aliphatic rings. The molecular formula is C14H26N4OS. The summed E-state index contributed by atoms with van der Waals surface area (Å²) in [7, 11) is 0. The fourth-order valence-electron chi connectivity index (χ4n) is 3.15. The number of amides is 2. The van der Waals surface area contributed by atoms with Gasteiger partial charge >= 0.3 is 6.03 Å². The molecule has 2 heterocycles. The minimum atomic E-state index is 0.178. The van der Waals surface area contributed by atoms with Gasteiger partial charge in [-0.25, -0.2) is 4.79 Å². The molecule has 0 radical (unpaired) electrons. The Morgan fingerprint density at radius 3 is 2.10 bits per heavy atom. The van der Waals surface area contributed by atoms with E-state index in [-0.39, 0.29) is 12.1 Å². The Labute approximate surface area is 127 Å². The third kappa shape index (κ3) is 3.61. The Morgan fingerprint density at radius 1 is 1.05 bits per heavy atom. The second-order valence-electron chi connectivity index (χ2n) is 5.68. The van der Waals surface area contributed by atoms with Crippen LogP contribution in [0, 0.1) is 0 Å². The molecule has 1 atom stereocenters. The van der Waals surface area contributed by atoms with Crippen LogP contribution in [0.25, 0.3) is 0 Å². The second kappa shape index (κ2) is 7.22. The Balaban J connectivity index is 1.84. The lowest BCUT2D eigenvalue weighted by Gasteiger charge is -2.41. The quantitative estimate of drug-likeness (QED) is 0.797. The van der Waals surface area contributed by atoms with Crippen LogP contribution in [0.1, 0.15) is 32.6 Å². The summed E-state index contributed by atoms with van der Waals surface area (Å²) in [6.45, 7) is 7.26. The predicted octanol–water partition coefficient (Wildman–Crippen LogP) is 1.27. The van der Waals surface area contributed by atoms with Crippen molar-refractivity contribution in [2.75, 3.05) is 39.3 Å². The molecule has 2 aliphatic heterocycles. The van der Waals surface area contributed by atoms with E-state index >= 15 is 0 Å². The number of carbonyl (C=O) groups excluding carboxylic acids is 1. The standard InChI is InChI=1S/C14H26N4OS/c1-2-12(13(15)20)16-8-10-18(11-9-16)14(19)17-6-4-3-5-7-17/h12H,2-11H2,1H3,(H2,15,20). The molecule has 20 heavy (non-hydrogen) atoms. The molecule has 0 aliphatic carbocycles. The van der Waals surface area contributed by atoms with Crippen molar-refractivity contribution in [2.24, 2.45) is 5.73 Å². The summed E-state index contributed by atoms with van der Waals surface area (Å²) in [6.07, 6.45) is 4.48. The minimum absolute atomic E-state index is 0.178. The van der Waals surface area contributed by atoms with E-state index in [0.717, 1.165) is 58.5 Å². The summed E-state index contributed by atoms with van der Waals surface area (Å²) in [5.41, 5.74) is 5.79. The molecule has 2 fully saturated rings.